The molecule has 0 radical (unpaired) electrons. The van der Waals surface area contributed by atoms with Crippen LogP contribution in [0.5, 0.6) is 5.75 Å². The zero-order valence-corrected chi connectivity index (χ0v) is 11.0. The van der Waals surface area contributed by atoms with Crippen molar-refractivity contribution in [3.05, 3.63) is 23.8 Å². The number of thioether (sulfide) groups is 1. The lowest BCUT2D eigenvalue weighted by atomic mass is 10.1. The molecule has 0 bridgehead atoms. The summed E-state index contributed by atoms with van der Waals surface area (Å²) in [6.45, 7) is 5.68. The largest absolute Gasteiger partial charge is 0.490 e. The van der Waals surface area contributed by atoms with Crippen molar-refractivity contribution in [1.29, 1.82) is 0 Å². The number of ketones is 1. The van der Waals surface area contributed by atoms with Crippen LogP contribution < -0.4 is 10.1 Å². The van der Waals surface area contributed by atoms with Crippen molar-refractivity contribution in [3.63, 3.8) is 0 Å². The van der Waals surface area contributed by atoms with Gasteiger partial charge in [-0.2, -0.15) is 11.8 Å². The molecule has 17 heavy (non-hydrogen) atoms. The van der Waals surface area contributed by atoms with Crippen LogP contribution in [0.15, 0.2) is 18.2 Å². The van der Waals surface area contributed by atoms with E-state index in [9.17, 15) is 4.79 Å². The number of anilines is 1. The molecule has 1 aromatic carbocycles. The van der Waals surface area contributed by atoms with Crippen molar-refractivity contribution in [2.24, 2.45) is 0 Å². The summed E-state index contributed by atoms with van der Waals surface area (Å²) in [7, 11) is 0. The summed E-state index contributed by atoms with van der Waals surface area (Å²) < 4.78 is 5.48. The molecule has 0 saturated heterocycles. The third-order valence-electron chi connectivity index (χ3n) is 2.52. The fourth-order valence-corrected chi connectivity index (χ4v) is 2.29. The zero-order valence-electron chi connectivity index (χ0n) is 10.2. The summed E-state index contributed by atoms with van der Waals surface area (Å²) in [6, 6.07) is 5.60. The molecule has 1 N–H and O–H groups in total. The minimum atomic E-state index is 0.180. The fourth-order valence-electron chi connectivity index (χ4n) is 1.64. The normalized spacial score (nSPS) is 13.8. The maximum Gasteiger partial charge on any atom is 0.172 e. The first kappa shape index (κ1) is 12.3. The Labute approximate surface area is 106 Å². The predicted molar refractivity (Wildman–Crippen MR) is 72.4 cm³/mol. The molecule has 0 spiro atoms. The number of carbonyl (C=O) groups is 1. The highest BCUT2D eigenvalue weighted by molar-refractivity contribution is 8.00. The average molecular weight is 251 g/mol. The molecular weight excluding hydrogens is 234 g/mol. The van der Waals surface area contributed by atoms with Gasteiger partial charge < -0.3 is 10.1 Å². The molecular formula is C13H17NO2S. The van der Waals surface area contributed by atoms with E-state index in [4.69, 9.17) is 4.74 Å². The van der Waals surface area contributed by atoms with E-state index < -0.39 is 0 Å². The number of Topliss-reactive ketones (excluding diaryl/α,β-unsaturated/α-hetero) is 1. The second-order valence-electron chi connectivity index (χ2n) is 4.27. The predicted octanol–water partition coefficient (Wildman–Crippen LogP) is 2.82. The molecule has 92 valence electrons. The number of hydrogen-bond donors (Lipinski definition) is 1. The highest BCUT2D eigenvalue weighted by Crippen LogP contribution is 2.28. The molecule has 0 aromatic heterocycles. The fraction of sp³-hybridized carbons (Fsp3) is 0.462. The Kier molecular flexibility index (Phi) is 3.94. The quantitative estimate of drug-likeness (QED) is 0.835. The minimum Gasteiger partial charge on any atom is -0.490 e. The van der Waals surface area contributed by atoms with Crippen LogP contribution in [-0.4, -0.2) is 29.9 Å². The summed E-state index contributed by atoms with van der Waals surface area (Å²) in [5, 5.41) is 3.72. The summed E-state index contributed by atoms with van der Waals surface area (Å²) in [4.78, 5) is 11.9. The van der Waals surface area contributed by atoms with Crippen molar-refractivity contribution in [1.82, 2.24) is 0 Å². The first-order chi connectivity index (χ1) is 8.16. The second-order valence-corrected chi connectivity index (χ2v) is 5.83. The minimum absolute atomic E-state index is 0.180. The molecule has 0 amide bonds. The number of ether oxygens (including phenoxy) is 1. The Morgan fingerprint density at radius 3 is 3.12 bits per heavy atom. The van der Waals surface area contributed by atoms with Crippen molar-refractivity contribution in [3.8, 4) is 5.75 Å². The topological polar surface area (TPSA) is 38.3 Å². The smallest absolute Gasteiger partial charge is 0.172 e. The number of carbonyl (C=O) groups excluding carboxylic acids is 1. The summed E-state index contributed by atoms with van der Waals surface area (Å²) >= 11 is 1.67. The van der Waals surface area contributed by atoms with Crippen LogP contribution >= 0.6 is 11.8 Å². The van der Waals surface area contributed by atoms with E-state index in [0.717, 1.165) is 23.5 Å². The Hall–Kier alpha value is -1.16. The number of nitrogens with one attached hydrogen (secondary N) is 1. The standard InChI is InChI=1S/C13H17NO2S/c1-9(2)17-8-12(15)10-3-4-13-11(7-10)14-5-6-16-13/h3-4,7,9,14H,5-6,8H2,1-2H3. The van der Waals surface area contributed by atoms with E-state index in [0.29, 0.717) is 17.6 Å². The SMILES string of the molecule is CC(C)SCC(=O)c1ccc2c(c1)NCCO2. The lowest BCUT2D eigenvalue weighted by Gasteiger charge is -2.19. The Morgan fingerprint density at radius 2 is 2.35 bits per heavy atom. The van der Waals surface area contributed by atoms with E-state index in [1.807, 2.05) is 18.2 Å². The Balaban J connectivity index is 2.08. The highest BCUT2D eigenvalue weighted by Gasteiger charge is 2.13. The number of fused-ring (bicyclic) bond motifs is 1. The molecule has 0 unspecified atom stereocenters. The van der Waals surface area contributed by atoms with E-state index in [1.165, 1.54) is 0 Å². The van der Waals surface area contributed by atoms with Crippen LogP contribution in [0.25, 0.3) is 0 Å². The lowest BCUT2D eigenvalue weighted by Crippen LogP contribution is -2.18. The molecule has 1 aliphatic heterocycles. The van der Waals surface area contributed by atoms with Gasteiger partial charge in [0, 0.05) is 12.1 Å². The number of rotatable bonds is 4. The lowest BCUT2D eigenvalue weighted by molar-refractivity contribution is 0.102. The monoisotopic (exact) mass is 251 g/mol. The molecule has 4 heteroatoms. The van der Waals surface area contributed by atoms with Crippen molar-refractivity contribution in [2.45, 2.75) is 19.1 Å². The van der Waals surface area contributed by atoms with Gasteiger partial charge in [-0.15, -0.1) is 0 Å². The summed E-state index contributed by atoms with van der Waals surface area (Å²) in [5.41, 5.74) is 1.69. The highest BCUT2D eigenvalue weighted by atomic mass is 32.2. The molecule has 1 aromatic rings. The molecule has 1 aliphatic rings. The van der Waals surface area contributed by atoms with Gasteiger partial charge in [-0.1, -0.05) is 13.8 Å². The van der Waals surface area contributed by atoms with Crippen molar-refractivity contribution >= 4 is 23.2 Å². The molecule has 0 aliphatic carbocycles. The average Bonchev–Trinajstić information content (AvgIpc) is 2.35. The first-order valence-electron chi connectivity index (χ1n) is 5.82. The van der Waals surface area contributed by atoms with Crippen molar-refractivity contribution < 1.29 is 9.53 Å². The molecule has 2 rings (SSSR count). The van der Waals surface area contributed by atoms with Gasteiger partial charge in [0.15, 0.2) is 5.78 Å². The van der Waals surface area contributed by atoms with Gasteiger partial charge in [0.25, 0.3) is 0 Å². The first-order valence-corrected chi connectivity index (χ1v) is 6.87. The van der Waals surface area contributed by atoms with Crippen LogP contribution in [0.2, 0.25) is 0 Å². The van der Waals surface area contributed by atoms with Gasteiger partial charge in [0.1, 0.15) is 12.4 Å². The molecule has 0 fully saturated rings. The Bertz CT molecular complexity index is 418. The van der Waals surface area contributed by atoms with E-state index in [-0.39, 0.29) is 5.78 Å². The number of benzene rings is 1. The van der Waals surface area contributed by atoms with E-state index in [1.54, 1.807) is 11.8 Å². The van der Waals surface area contributed by atoms with Crippen LogP contribution in [0.4, 0.5) is 5.69 Å². The van der Waals surface area contributed by atoms with Crippen LogP contribution in [0.1, 0.15) is 24.2 Å². The van der Waals surface area contributed by atoms with Gasteiger partial charge in [0.05, 0.1) is 11.4 Å². The summed E-state index contributed by atoms with van der Waals surface area (Å²) in [6.07, 6.45) is 0. The second kappa shape index (κ2) is 5.45. The van der Waals surface area contributed by atoms with Gasteiger partial charge in [0.2, 0.25) is 0 Å². The maximum atomic E-state index is 11.9. The van der Waals surface area contributed by atoms with Crippen LogP contribution in [-0.2, 0) is 0 Å². The molecule has 3 nitrogen and oxygen atoms in total. The van der Waals surface area contributed by atoms with Gasteiger partial charge in [-0.05, 0) is 23.4 Å². The van der Waals surface area contributed by atoms with E-state index in [2.05, 4.69) is 19.2 Å². The maximum absolute atomic E-state index is 11.9. The molecule has 0 atom stereocenters. The summed E-state index contributed by atoms with van der Waals surface area (Å²) in [5.74, 6) is 1.56. The van der Waals surface area contributed by atoms with Crippen molar-refractivity contribution in [2.75, 3.05) is 24.2 Å². The van der Waals surface area contributed by atoms with Gasteiger partial charge in [-0.3, -0.25) is 4.79 Å². The molecule has 0 saturated carbocycles. The number of hydrogen-bond acceptors (Lipinski definition) is 4. The van der Waals surface area contributed by atoms with Gasteiger partial charge in [-0.25, -0.2) is 0 Å². The molecule has 1 heterocycles. The zero-order chi connectivity index (χ0) is 12.3. The Morgan fingerprint density at radius 1 is 1.53 bits per heavy atom. The van der Waals surface area contributed by atoms with Crippen LogP contribution in [0.3, 0.4) is 0 Å². The van der Waals surface area contributed by atoms with Gasteiger partial charge >= 0.3 is 0 Å². The third kappa shape index (κ3) is 3.16. The van der Waals surface area contributed by atoms with Crippen LogP contribution in [0, 0.1) is 0 Å². The third-order valence-corrected chi connectivity index (χ3v) is 3.62. The van der Waals surface area contributed by atoms with E-state index >= 15 is 0 Å².